The number of rotatable bonds is 5. The molecule has 1 saturated heterocycles. The summed E-state index contributed by atoms with van der Waals surface area (Å²) >= 11 is 0. The Balaban J connectivity index is 1.54. The van der Waals surface area contributed by atoms with Crippen molar-refractivity contribution in [2.24, 2.45) is 5.92 Å². The molecule has 0 aromatic carbocycles. The molecule has 0 atom stereocenters. The number of anilines is 1. The predicted molar refractivity (Wildman–Crippen MR) is 90.2 cm³/mol. The van der Waals surface area contributed by atoms with E-state index in [9.17, 15) is 4.79 Å². The molecule has 126 valence electrons. The fraction of sp³-hybridized carbons (Fsp3) is 0.389. The van der Waals surface area contributed by atoms with Crippen LogP contribution in [0.4, 0.5) is 5.82 Å². The zero-order valence-electron chi connectivity index (χ0n) is 13.7. The summed E-state index contributed by atoms with van der Waals surface area (Å²) in [5, 5.41) is 2.76. The maximum Gasteiger partial charge on any atom is 0.258 e. The number of hydrogen-bond acceptors (Lipinski definition) is 5. The van der Waals surface area contributed by atoms with Gasteiger partial charge < -0.3 is 14.8 Å². The zero-order chi connectivity index (χ0) is 16.8. The van der Waals surface area contributed by atoms with Crippen LogP contribution < -0.4 is 10.1 Å². The maximum atomic E-state index is 12.2. The number of nitrogens with zero attached hydrogens (tertiary/aromatic N) is 2. The molecule has 1 N–H and O–H groups in total. The van der Waals surface area contributed by atoms with Crippen molar-refractivity contribution in [2.45, 2.75) is 19.8 Å². The number of carbonyl (C=O) groups excluding carboxylic acids is 1. The molecule has 0 radical (unpaired) electrons. The standard InChI is InChI=1S/C18H21N3O3/c1-13-3-2-4-16(20-13)21-18(22)15-5-6-17(19-11-15)24-12-14-7-9-23-10-8-14/h2-6,11,14H,7-10,12H2,1H3,(H,20,21,22). The monoisotopic (exact) mass is 327 g/mol. The lowest BCUT2D eigenvalue weighted by molar-refractivity contribution is 0.0490. The van der Waals surface area contributed by atoms with Crippen LogP contribution in [0.2, 0.25) is 0 Å². The van der Waals surface area contributed by atoms with Gasteiger partial charge in [0.2, 0.25) is 5.88 Å². The first kappa shape index (κ1) is 16.4. The van der Waals surface area contributed by atoms with Crippen molar-refractivity contribution in [2.75, 3.05) is 25.1 Å². The van der Waals surface area contributed by atoms with Crippen molar-refractivity contribution in [3.05, 3.63) is 47.8 Å². The van der Waals surface area contributed by atoms with Crippen molar-refractivity contribution >= 4 is 11.7 Å². The van der Waals surface area contributed by atoms with Gasteiger partial charge >= 0.3 is 0 Å². The first-order valence-corrected chi connectivity index (χ1v) is 8.12. The third-order valence-corrected chi connectivity index (χ3v) is 3.94. The molecular weight excluding hydrogens is 306 g/mol. The summed E-state index contributed by atoms with van der Waals surface area (Å²) in [5.41, 5.74) is 1.32. The van der Waals surface area contributed by atoms with Crippen LogP contribution in [0.3, 0.4) is 0 Å². The van der Waals surface area contributed by atoms with Gasteiger partial charge in [0.25, 0.3) is 5.91 Å². The predicted octanol–water partition coefficient (Wildman–Crippen LogP) is 2.84. The molecule has 2 aromatic heterocycles. The summed E-state index contributed by atoms with van der Waals surface area (Å²) < 4.78 is 11.0. The van der Waals surface area contributed by atoms with E-state index < -0.39 is 0 Å². The normalized spacial score (nSPS) is 15.0. The summed E-state index contributed by atoms with van der Waals surface area (Å²) in [6.45, 7) is 4.11. The molecule has 3 rings (SSSR count). The SMILES string of the molecule is Cc1cccc(NC(=O)c2ccc(OCC3CCOCC3)nc2)n1. The van der Waals surface area contributed by atoms with Crippen LogP contribution in [0, 0.1) is 12.8 Å². The molecule has 6 heteroatoms. The van der Waals surface area contributed by atoms with Gasteiger partial charge in [0, 0.05) is 31.2 Å². The van der Waals surface area contributed by atoms with E-state index in [1.165, 1.54) is 6.20 Å². The number of carbonyl (C=O) groups is 1. The number of ether oxygens (including phenoxy) is 2. The molecule has 0 bridgehead atoms. The molecule has 1 aliphatic heterocycles. The van der Waals surface area contributed by atoms with Crippen molar-refractivity contribution in [3.8, 4) is 5.88 Å². The van der Waals surface area contributed by atoms with Crippen LogP contribution in [0.5, 0.6) is 5.88 Å². The Morgan fingerprint density at radius 2 is 2.12 bits per heavy atom. The Morgan fingerprint density at radius 3 is 2.83 bits per heavy atom. The van der Waals surface area contributed by atoms with Gasteiger partial charge in [-0.05, 0) is 43.9 Å². The molecule has 0 aliphatic carbocycles. The van der Waals surface area contributed by atoms with Crippen molar-refractivity contribution in [1.82, 2.24) is 9.97 Å². The summed E-state index contributed by atoms with van der Waals surface area (Å²) in [7, 11) is 0. The Morgan fingerprint density at radius 1 is 1.29 bits per heavy atom. The molecule has 1 amide bonds. The summed E-state index contributed by atoms with van der Waals surface area (Å²) in [5.74, 6) is 1.33. The van der Waals surface area contributed by atoms with Crippen LogP contribution >= 0.6 is 0 Å². The third-order valence-electron chi connectivity index (χ3n) is 3.94. The van der Waals surface area contributed by atoms with E-state index in [1.54, 1.807) is 18.2 Å². The smallest absolute Gasteiger partial charge is 0.258 e. The van der Waals surface area contributed by atoms with Crippen LogP contribution in [0.1, 0.15) is 28.9 Å². The molecule has 3 heterocycles. The first-order chi connectivity index (χ1) is 11.7. The number of nitrogens with one attached hydrogen (secondary N) is 1. The third kappa shape index (κ3) is 4.52. The minimum atomic E-state index is -0.239. The molecule has 0 saturated carbocycles. The molecule has 24 heavy (non-hydrogen) atoms. The highest BCUT2D eigenvalue weighted by Gasteiger charge is 2.15. The lowest BCUT2D eigenvalue weighted by Crippen LogP contribution is -2.21. The molecular formula is C18H21N3O3. The van der Waals surface area contributed by atoms with Gasteiger partial charge in [-0.2, -0.15) is 0 Å². The number of pyridine rings is 2. The number of hydrogen-bond donors (Lipinski definition) is 1. The van der Waals surface area contributed by atoms with E-state index in [2.05, 4.69) is 15.3 Å². The van der Waals surface area contributed by atoms with Gasteiger partial charge in [-0.15, -0.1) is 0 Å². The van der Waals surface area contributed by atoms with E-state index in [-0.39, 0.29) is 5.91 Å². The van der Waals surface area contributed by atoms with Gasteiger partial charge in [-0.25, -0.2) is 9.97 Å². The van der Waals surface area contributed by atoms with Gasteiger partial charge in [-0.3, -0.25) is 4.79 Å². The molecule has 1 fully saturated rings. The second kappa shape index (κ2) is 7.88. The van der Waals surface area contributed by atoms with Gasteiger partial charge in [0.15, 0.2) is 0 Å². The number of amides is 1. The highest BCUT2D eigenvalue weighted by Crippen LogP contribution is 2.17. The fourth-order valence-corrected chi connectivity index (χ4v) is 2.52. The van der Waals surface area contributed by atoms with Crippen LogP contribution in [-0.4, -0.2) is 35.7 Å². The summed E-state index contributed by atoms with van der Waals surface area (Å²) in [6, 6.07) is 8.91. The summed E-state index contributed by atoms with van der Waals surface area (Å²) in [4.78, 5) is 20.7. The van der Waals surface area contributed by atoms with Gasteiger partial charge in [-0.1, -0.05) is 6.07 Å². The molecule has 0 spiro atoms. The average Bonchev–Trinajstić information content (AvgIpc) is 2.61. The van der Waals surface area contributed by atoms with E-state index in [0.29, 0.717) is 29.8 Å². The quantitative estimate of drug-likeness (QED) is 0.914. The minimum Gasteiger partial charge on any atom is -0.477 e. The number of aromatic nitrogens is 2. The van der Waals surface area contributed by atoms with Crippen molar-refractivity contribution in [3.63, 3.8) is 0 Å². The second-order valence-electron chi connectivity index (χ2n) is 5.87. The number of aryl methyl sites for hydroxylation is 1. The van der Waals surface area contributed by atoms with Gasteiger partial charge in [0.05, 0.1) is 12.2 Å². The van der Waals surface area contributed by atoms with E-state index in [0.717, 1.165) is 31.7 Å². The van der Waals surface area contributed by atoms with Crippen LogP contribution in [0.15, 0.2) is 36.5 Å². The summed E-state index contributed by atoms with van der Waals surface area (Å²) in [6.07, 6.45) is 3.55. The first-order valence-electron chi connectivity index (χ1n) is 8.12. The highest BCUT2D eigenvalue weighted by atomic mass is 16.5. The Labute approximate surface area is 141 Å². The zero-order valence-corrected chi connectivity index (χ0v) is 13.7. The molecule has 0 unspecified atom stereocenters. The van der Waals surface area contributed by atoms with Crippen molar-refractivity contribution < 1.29 is 14.3 Å². The maximum absolute atomic E-state index is 12.2. The minimum absolute atomic E-state index is 0.239. The van der Waals surface area contributed by atoms with Crippen molar-refractivity contribution in [1.29, 1.82) is 0 Å². The Kier molecular flexibility index (Phi) is 5.38. The largest absolute Gasteiger partial charge is 0.477 e. The van der Waals surface area contributed by atoms with Crippen LogP contribution in [0.25, 0.3) is 0 Å². The Hall–Kier alpha value is -2.47. The van der Waals surface area contributed by atoms with E-state index >= 15 is 0 Å². The second-order valence-corrected chi connectivity index (χ2v) is 5.87. The fourth-order valence-electron chi connectivity index (χ4n) is 2.52. The topological polar surface area (TPSA) is 73.3 Å². The molecule has 1 aliphatic rings. The molecule has 6 nitrogen and oxygen atoms in total. The average molecular weight is 327 g/mol. The van der Waals surface area contributed by atoms with Crippen LogP contribution in [-0.2, 0) is 4.74 Å². The lowest BCUT2D eigenvalue weighted by Gasteiger charge is -2.21. The van der Waals surface area contributed by atoms with E-state index in [1.807, 2.05) is 19.1 Å². The van der Waals surface area contributed by atoms with E-state index in [4.69, 9.17) is 9.47 Å². The molecule has 2 aromatic rings. The lowest BCUT2D eigenvalue weighted by atomic mass is 10.0. The Bertz CT molecular complexity index is 682. The highest BCUT2D eigenvalue weighted by molar-refractivity contribution is 6.03. The van der Waals surface area contributed by atoms with Gasteiger partial charge in [0.1, 0.15) is 5.82 Å².